The van der Waals surface area contributed by atoms with Crippen molar-refractivity contribution >= 4 is 17.5 Å². The number of aromatic nitrogens is 2. The first-order chi connectivity index (χ1) is 9.22. The maximum absolute atomic E-state index is 11.2. The Morgan fingerprint density at radius 1 is 1.16 bits per heavy atom. The lowest BCUT2D eigenvalue weighted by molar-refractivity contribution is -0.120. The molecular weight excluding hydrogens is 242 g/mol. The van der Waals surface area contributed by atoms with E-state index >= 15 is 0 Å². The summed E-state index contributed by atoms with van der Waals surface area (Å²) in [6.07, 6.45) is 3.86. The van der Waals surface area contributed by atoms with Crippen LogP contribution in [0, 0.1) is 0 Å². The van der Waals surface area contributed by atoms with Crippen molar-refractivity contribution in [2.75, 3.05) is 30.8 Å². The van der Waals surface area contributed by atoms with Crippen LogP contribution < -0.4 is 16.0 Å². The van der Waals surface area contributed by atoms with Crippen LogP contribution in [0.4, 0.5) is 11.6 Å². The minimum atomic E-state index is 0.0175. The predicted octanol–water partition coefficient (Wildman–Crippen LogP) is 1.41. The number of hydrogen-bond acceptors (Lipinski definition) is 5. The van der Waals surface area contributed by atoms with Crippen LogP contribution in [0.15, 0.2) is 6.33 Å². The van der Waals surface area contributed by atoms with Crippen LogP contribution in [0.5, 0.6) is 0 Å². The van der Waals surface area contributed by atoms with Gasteiger partial charge in [0.2, 0.25) is 5.91 Å². The van der Waals surface area contributed by atoms with Crippen LogP contribution in [0.1, 0.15) is 32.3 Å². The Labute approximate surface area is 114 Å². The number of nitrogens with zero attached hydrogens (tertiary/aromatic N) is 2. The van der Waals surface area contributed by atoms with Gasteiger partial charge in [-0.25, -0.2) is 9.97 Å². The third-order valence-corrected chi connectivity index (χ3v) is 2.76. The zero-order chi connectivity index (χ0) is 14.1. The summed E-state index contributed by atoms with van der Waals surface area (Å²) in [5.41, 5.74) is 1.06. The van der Waals surface area contributed by atoms with E-state index in [-0.39, 0.29) is 5.91 Å². The molecule has 0 saturated carbocycles. The lowest BCUT2D eigenvalue weighted by Gasteiger charge is -2.13. The van der Waals surface area contributed by atoms with Gasteiger partial charge in [-0.2, -0.15) is 0 Å². The fraction of sp³-hybridized carbons (Fsp3) is 0.615. The second-order valence-corrected chi connectivity index (χ2v) is 4.18. The second-order valence-electron chi connectivity index (χ2n) is 4.18. The highest BCUT2D eigenvalue weighted by Gasteiger charge is 2.09. The van der Waals surface area contributed by atoms with Crippen LogP contribution in [0.3, 0.4) is 0 Å². The summed E-state index contributed by atoms with van der Waals surface area (Å²) < 4.78 is 0. The van der Waals surface area contributed by atoms with Crippen LogP contribution >= 0.6 is 0 Å². The van der Waals surface area contributed by atoms with Gasteiger partial charge in [0.15, 0.2) is 0 Å². The second kappa shape index (κ2) is 8.29. The average Bonchev–Trinajstić information content (AvgIpc) is 2.44. The molecule has 6 heteroatoms. The van der Waals surface area contributed by atoms with E-state index in [1.807, 2.05) is 0 Å². The monoisotopic (exact) mass is 265 g/mol. The van der Waals surface area contributed by atoms with E-state index in [1.165, 1.54) is 0 Å². The third kappa shape index (κ3) is 4.73. The number of hydrogen-bond donors (Lipinski definition) is 3. The van der Waals surface area contributed by atoms with Crippen molar-refractivity contribution in [3.05, 3.63) is 11.9 Å². The van der Waals surface area contributed by atoms with Crippen molar-refractivity contribution in [2.24, 2.45) is 0 Å². The first-order valence-electron chi connectivity index (χ1n) is 6.75. The van der Waals surface area contributed by atoms with Gasteiger partial charge in [-0.1, -0.05) is 13.8 Å². The largest absolute Gasteiger partial charge is 0.370 e. The van der Waals surface area contributed by atoms with Crippen molar-refractivity contribution in [3.8, 4) is 0 Å². The van der Waals surface area contributed by atoms with Crippen molar-refractivity contribution in [3.63, 3.8) is 0 Å². The molecular formula is C13H23N5O. The van der Waals surface area contributed by atoms with Crippen molar-refractivity contribution in [1.82, 2.24) is 15.3 Å². The SMILES string of the molecule is CCCNc1ncnc(NCCC(=O)NC)c1CC. The van der Waals surface area contributed by atoms with E-state index < -0.39 is 0 Å². The fourth-order valence-electron chi connectivity index (χ4n) is 1.71. The van der Waals surface area contributed by atoms with E-state index in [4.69, 9.17) is 0 Å². The minimum Gasteiger partial charge on any atom is -0.370 e. The van der Waals surface area contributed by atoms with Crippen molar-refractivity contribution in [2.45, 2.75) is 33.1 Å². The molecule has 19 heavy (non-hydrogen) atoms. The van der Waals surface area contributed by atoms with Crippen LogP contribution in [-0.4, -0.2) is 36.0 Å². The molecule has 1 rings (SSSR count). The summed E-state index contributed by atoms with van der Waals surface area (Å²) in [4.78, 5) is 19.7. The molecule has 0 aliphatic rings. The molecule has 0 unspecified atom stereocenters. The topological polar surface area (TPSA) is 78.9 Å². The zero-order valence-corrected chi connectivity index (χ0v) is 11.9. The van der Waals surface area contributed by atoms with E-state index in [0.29, 0.717) is 13.0 Å². The Kier molecular flexibility index (Phi) is 6.63. The van der Waals surface area contributed by atoms with E-state index in [2.05, 4.69) is 39.8 Å². The molecule has 1 amide bonds. The normalized spacial score (nSPS) is 10.1. The number of amides is 1. The Balaban J connectivity index is 2.68. The summed E-state index contributed by atoms with van der Waals surface area (Å²) in [5.74, 6) is 1.70. The Bertz CT molecular complexity index is 408. The van der Waals surface area contributed by atoms with Crippen LogP contribution in [0.2, 0.25) is 0 Å². The molecule has 0 radical (unpaired) electrons. The minimum absolute atomic E-state index is 0.0175. The Hall–Kier alpha value is -1.85. The van der Waals surface area contributed by atoms with Gasteiger partial charge in [-0.3, -0.25) is 4.79 Å². The highest BCUT2D eigenvalue weighted by Crippen LogP contribution is 2.20. The molecule has 106 valence electrons. The molecule has 0 atom stereocenters. The number of nitrogens with one attached hydrogen (secondary N) is 3. The van der Waals surface area contributed by atoms with Gasteiger partial charge in [0.05, 0.1) is 0 Å². The summed E-state index contributed by atoms with van der Waals surface area (Å²) >= 11 is 0. The molecule has 0 aliphatic carbocycles. The first-order valence-corrected chi connectivity index (χ1v) is 6.75. The molecule has 0 aromatic carbocycles. The van der Waals surface area contributed by atoms with E-state index in [9.17, 15) is 4.79 Å². The molecule has 0 aliphatic heterocycles. The summed E-state index contributed by atoms with van der Waals surface area (Å²) in [6.45, 7) is 5.64. The smallest absolute Gasteiger partial charge is 0.221 e. The van der Waals surface area contributed by atoms with Gasteiger partial charge in [0.1, 0.15) is 18.0 Å². The number of anilines is 2. The van der Waals surface area contributed by atoms with Crippen LogP contribution in [0.25, 0.3) is 0 Å². The van der Waals surface area contributed by atoms with Gasteiger partial charge in [0, 0.05) is 32.1 Å². The predicted molar refractivity (Wildman–Crippen MR) is 77.4 cm³/mol. The van der Waals surface area contributed by atoms with Crippen molar-refractivity contribution in [1.29, 1.82) is 0 Å². The van der Waals surface area contributed by atoms with Crippen LogP contribution in [-0.2, 0) is 11.2 Å². The maximum Gasteiger partial charge on any atom is 0.221 e. The molecule has 1 aromatic rings. The molecule has 6 nitrogen and oxygen atoms in total. The summed E-state index contributed by atoms with van der Waals surface area (Å²) in [6, 6.07) is 0. The van der Waals surface area contributed by atoms with Gasteiger partial charge in [-0.15, -0.1) is 0 Å². The molecule has 1 heterocycles. The highest BCUT2D eigenvalue weighted by molar-refractivity contribution is 5.76. The molecule has 0 saturated heterocycles. The summed E-state index contributed by atoms with van der Waals surface area (Å²) in [5, 5.41) is 9.08. The molecule has 3 N–H and O–H groups in total. The Morgan fingerprint density at radius 2 is 1.79 bits per heavy atom. The zero-order valence-electron chi connectivity index (χ0n) is 11.9. The highest BCUT2D eigenvalue weighted by atomic mass is 16.1. The van der Waals surface area contributed by atoms with Crippen molar-refractivity contribution < 1.29 is 4.79 Å². The third-order valence-electron chi connectivity index (χ3n) is 2.76. The quantitative estimate of drug-likeness (QED) is 0.662. The first kappa shape index (κ1) is 15.2. The molecule has 0 fully saturated rings. The average molecular weight is 265 g/mol. The number of rotatable bonds is 8. The lowest BCUT2D eigenvalue weighted by Crippen LogP contribution is -2.21. The van der Waals surface area contributed by atoms with Gasteiger partial charge >= 0.3 is 0 Å². The van der Waals surface area contributed by atoms with Gasteiger partial charge in [-0.05, 0) is 12.8 Å². The van der Waals surface area contributed by atoms with E-state index in [0.717, 1.165) is 36.6 Å². The molecule has 0 bridgehead atoms. The molecule has 1 aromatic heterocycles. The standard InChI is InChI=1S/C13H23N5O/c1-4-7-15-12-10(5-2)13(18-9-17-12)16-8-6-11(19)14-3/h9H,4-8H2,1-3H3,(H,14,19)(H2,15,16,17,18). The Morgan fingerprint density at radius 3 is 2.32 bits per heavy atom. The maximum atomic E-state index is 11.2. The van der Waals surface area contributed by atoms with E-state index in [1.54, 1.807) is 13.4 Å². The van der Waals surface area contributed by atoms with Gasteiger partial charge < -0.3 is 16.0 Å². The molecule has 0 spiro atoms. The number of carbonyl (C=O) groups excluding carboxylic acids is 1. The lowest BCUT2D eigenvalue weighted by atomic mass is 10.2. The fourth-order valence-corrected chi connectivity index (χ4v) is 1.71. The van der Waals surface area contributed by atoms with Gasteiger partial charge in [0.25, 0.3) is 0 Å². The summed E-state index contributed by atoms with van der Waals surface area (Å²) in [7, 11) is 1.64. The number of carbonyl (C=O) groups is 1.